The first kappa shape index (κ1) is 22.5. The number of anilines is 1. The Kier molecular flexibility index (Phi) is 6.34. The van der Waals surface area contributed by atoms with E-state index in [1.807, 2.05) is 24.3 Å². The summed E-state index contributed by atoms with van der Waals surface area (Å²) >= 11 is 0. The van der Waals surface area contributed by atoms with Crippen molar-refractivity contribution in [2.24, 2.45) is 5.92 Å². The fourth-order valence-corrected chi connectivity index (χ4v) is 6.14. The van der Waals surface area contributed by atoms with Gasteiger partial charge in [0.25, 0.3) is 0 Å². The highest BCUT2D eigenvalue weighted by Gasteiger charge is 2.35. The van der Waals surface area contributed by atoms with Crippen LogP contribution in [0.3, 0.4) is 0 Å². The van der Waals surface area contributed by atoms with Crippen molar-refractivity contribution in [2.45, 2.75) is 51.0 Å². The molecule has 1 N–H and O–H groups in total. The summed E-state index contributed by atoms with van der Waals surface area (Å²) in [6.45, 7) is 4.90. The fourth-order valence-electron chi connectivity index (χ4n) is 4.38. The SMILES string of the molecule is Cc1noc(C)c1S(=O)(=O)N1CCC(C(=O)NCc2ccc(N3CCCC3=O)cc2)CC1. The minimum Gasteiger partial charge on any atom is -0.360 e. The largest absolute Gasteiger partial charge is 0.360 e. The van der Waals surface area contributed by atoms with Gasteiger partial charge in [-0.1, -0.05) is 17.3 Å². The first-order valence-corrected chi connectivity index (χ1v) is 12.3. The van der Waals surface area contributed by atoms with Crippen molar-refractivity contribution in [3.8, 4) is 0 Å². The van der Waals surface area contributed by atoms with E-state index in [0.29, 0.717) is 31.5 Å². The Morgan fingerprint density at radius 1 is 1.16 bits per heavy atom. The maximum absolute atomic E-state index is 12.9. The molecule has 0 saturated carbocycles. The number of nitrogens with zero attached hydrogens (tertiary/aromatic N) is 3. The normalized spacial score (nSPS) is 18.3. The average Bonchev–Trinajstić information content (AvgIpc) is 3.37. The molecule has 2 saturated heterocycles. The highest BCUT2D eigenvalue weighted by molar-refractivity contribution is 7.89. The van der Waals surface area contributed by atoms with E-state index in [9.17, 15) is 18.0 Å². The lowest BCUT2D eigenvalue weighted by Gasteiger charge is -2.30. The Morgan fingerprint density at radius 3 is 2.41 bits per heavy atom. The number of aromatic nitrogens is 1. The van der Waals surface area contributed by atoms with Gasteiger partial charge in [0.05, 0.1) is 0 Å². The number of amides is 2. The minimum absolute atomic E-state index is 0.0711. The maximum Gasteiger partial charge on any atom is 0.248 e. The van der Waals surface area contributed by atoms with E-state index in [0.717, 1.165) is 24.2 Å². The zero-order valence-corrected chi connectivity index (χ0v) is 19.2. The van der Waals surface area contributed by atoms with Crippen LogP contribution < -0.4 is 10.2 Å². The summed E-state index contributed by atoms with van der Waals surface area (Å²) in [6, 6.07) is 7.64. The van der Waals surface area contributed by atoms with Crippen molar-refractivity contribution in [2.75, 3.05) is 24.5 Å². The second-order valence-electron chi connectivity index (χ2n) is 8.36. The Balaban J connectivity index is 1.29. The molecule has 172 valence electrons. The quantitative estimate of drug-likeness (QED) is 0.707. The molecule has 0 aliphatic carbocycles. The van der Waals surface area contributed by atoms with Crippen LogP contribution in [0.5, 0.6) is 0 Å². The lowest BCUT2D eigenvalue weighted by molar-refractivity contribution is -0.126. The summed E-state index contributed by atoms with van der Waals surface area (Å²) in [5.41, 5.74) is 2.18. The third-order valence-electron chi connectivity index (χ3n) is 6.18. The van der Waals surface area contributed by atoms with Crippen molar-refractivity contribution < 1.29 is 22.5 Å². The second-order valence-corrected chi connectivity index (χ2v) is 10.2. The molecule has 1 aromatic heterocycles. The van der Waals surface area contributed by atoms with Crippen LogP contribution in [-0.2, 0) is 26.2 Å². The Labute approximate surface area is 187 Å². The highest BCUT2D eigenvalue weighted by atomic mass is 32.2. The average molecular weight is 461 g/mol. The van der Waals surface area contributed by atoms with E-state index < -0.39 is 10.0 Å². The van der Waals surface area contributed by atoms with E-state index in [-0.39, 0.29) is 41.5 Å². The lowest BCUT2D eigenvalue weighted by atomic mass is 9.97. The zero-order chi connectivity index (χ0) is 22.9. The van der Waals surface area contributed by atoms with Gasteiger partial charge in [0.2, 0.25) is 21.8 Å². The van der Waals surface area contributed by atoms with E-state index in [4.69, 9.17) is 4.52 Å². The van der Waals surface area contributed by atoms with Crippen LogP contribution >= 0.6 is 0 Å². The predicted molar refractivity (Wildman–Crippen MR) is 117 cm³/mol. The van der Waals surface area contributed by atoms with Gasteiger partial charge in [-0.25, -0.2) is 8.42 Å². The summed E-state index contributed by atoms with van der Waals surface area (Å²) in [6.07, 6.45) is 2.40. The molecule has 9 nitrogen and oxygen atoms in total. The number of sulfonamides is 1. The van der Waals surface area contributed by atoms with E-state index in [1.54, 1.807) is 18.7 Å². The van der Waals surface area contributed by atoms with Crippen molar-refractivity contribution >= 4 is 27.5 Å². The topological polar surface area (TPSA) is 113 Å². The summed E-state index contributed by atoms with van der Waals surface area (Å²) in [4.78, 5) is 26.4. The molecule has 32 heavy (non-hydrogen) atoms. The Bertz CT molecular complexity index is 1080. The molecule has 0 atom stereocenters. The summed E-state index contributed by atoms with van der Waals surface area (Å²) < 4.78 is 32.3. The molecule has 1 aromatic carbocycles. The number of rotatable bonds is 6. The molecule has 2 aliphatic heterocycles. The molecular formula is C22H28N4O5S. The molecule has 3 heterocycles. The van der Waals surface area contributed by atoms with Gasteiger partial charge in [0.15, 0.2) is 5.76 Å². The van der Waals surface area contributed by atoms with Gasteiger partial charge in [-0.3, -0.25) is 9.59 Å². The van der Waals surface area contributed by atoms with Crippen LogP contribution in [0.25, 0.3) is 0 Å². The third kappa shape index (κ3) is 4.42. The smallest absolute Gasteiger partial charge is 0.248 e. The second kappa shape index (κ2) is 9.03. The number of aryl methyl sites for hydroxylation is 2. The minimum atomic E-state index is -3.68. The molecule has 4 rings (SSSR count). The van der Waals surface area contributed by atoms with Gasteiger partial charge in [0.1, 0.15) is 10.6 Å². The third-order valence-corrected chi connectivity index (χ3v) is 8.32. The van der Waals surface area contributed by atoms with Crippen LogP contribution in [0.1, 0.15) is 42.7 Å². The molecule has 2 aliphatic rings. The van der Waals surface area contributed by atoms with Crippen molar-refractivity contribution in [3.05, 3.63) is 41.3 Å². The van der Waals surface area contributed by atoms with Crippen molar-refractivity contribution in [3.63, 3.8) is 0 Å². The molecule has 0 bridgehead atoms. The van der Waals surface area contributed by atoms with Crippen molar-refractivity contribution in [1.82, 2.24) is 14.8 Å². The lowest BCUT2D eigenvalue weighted by Crippen LogP contribution is -2.43. The molecule has 0 spiro atoms. The van der Waals surface area contributed by atoms with E-state index >= 15 is 0 Å². The first-order chi connectivity index (χ1) is 15.3. The maximum atomic E-state index is 12.9. The number of nitrogens with one attached hydrogen (secondary N) is 1. The van der Waals surface area contributed by atoms with Crippen LogP contribution in [0.2, 0.25) is 0 Å². The number of hydrogen-bond donors (Lipinski definition) is 1. The number of carbonyl (C=O) groups excluding carboxylic acids is 2. The van der Waals surface area contributed by atoms with Crippen molar-refractivity contribution in [1.29, 1.82) is 0 Å². The molecular weight excluding hydrogens is 432 g/mol. The van der Waals surface area contributed by atoms with Gasteiger partial charge in [-0.05, 0) is 50.8 Å². The molecule has 2 amide bonds. The van der Waals surface area contributed by atoms with E-state index in [2.05, 4.69) is 10.5 Å². The van der Waals surface area contributed by atoms with Gasteiger partial charge in [-0.2, -0.15) is 4.31 Å². The first-order valence-electron chi connectivity index (χ1n) is 10.9. The van der Waals surface area contributed by atoms with Gasteiger partial charge in [0, 0.05) is 44.2 Å². The summed E-state index contributed by atoms with van der Waals surface area (Å²) in [5, 5.41) is 6.69. The zero-order valence-electron chi connectivity index (χ0n) is 18.3. The predicted octanol–water partition coefficient (Wildman–Crippen LogP) is 2.14. The fraction of sp³-hybridized carbons (Fsp3) is 0.500. The summed E-state index contributed by atoms with van der Waals surface area (Å²) in [5.74, 6) is 0.127. The van der Waals surface area contributed by atoms with Gasteiger partial charge >= 0.3 is 0 Å². The van der Waals surface area contributed by atoms with Crippen LogP contribution in [0.4, 0.5) is 5.69 Å². The molecule has 10 heteroatoms. The number of benzene rings is 1. The molecule has 0 radical (unpaired) electrons. The van der Waals surface area contributed by atoms with Crippen LogP contribution in [0.15, 0.2) is 33.7 Å². The van der Waals surface area contributed by atoms with Crippen LogP contribution in [-0.4, -0.2) is 49.3 Å². The Morgan fingerprint density at radius 2 is 1.84 bits per heavy atom. The van der Waals surface area contributed by atoms with Crippen LogP contribution in [0, 0.1) is 19.8 Å². The van der Waals surface area contributed by atoms with Gasteiger partial charge in [-0.15, -0.1) is 0 Å². The van der Waals surface area contributed by atoms with Gasteiger partial charge < -0.3 is 14.7 Å². The number of hydrogen-bond acceptors (Lipinski definition) is 6. The summed E-state index contributed by atoms with van der Waals surface area (Å²) in [7, 11) is -3.68. The standard InChI is InChI=1S/C22H28N4O5S/c1-15-21(16(2)31-24-15)32(29,30)25-12-9-18(10-13-25)22(28)23-14-17-5-7-19(8-6-17)26-11-3-4-20(26)27/h5-8,18H,3-4,9-14H2,1-2H3,(H,23,28). The molecule has 2 fully saturated rings. The Hall–Kier alpha value is -2.72. The highest BCUT2D eigenvalue weighted by Crippen LogP contribution is 2.28. The molecule has 2 aromatic rings. The van der Waals surface area contributed by atoms with E-state index in [1.165, 1.54) is 4.31 Å². The number of piperidine rings is 1. The monoisotopic (exact) mass is 460 g/mol. The molecule has 0 unspecified atom stereocenters. The number of carbonyl (C=O) groups is 2.